The number of aromatic nitrogens is 2. The number of ether oxygens (including phenoxy) is 3. The summed E-state index contributed by atoms with van der Waals surface area (Å²) < 4.78 is 32.6. The third-order valence-electron chi connectivity index (χ3n) is 7.64. The van der Waals surface area contributed by atoms with Gasteiger partial charge in [0.25, 0.3) is 0 Å². The molecule has 1 unspecified atom stereocenters. The van der Waals surface area contributed by atoms with Crippen molar-refractivity contribution in [2.75, 3.05) is 35.3 Å². The lowest BCUT2D eigenvalue weighted by Gasteiger charge is -2.32. The first-order valence-electron chi connectivity index (χ1n) is 14.5. The van der Waals surface area contributed by atoms with Gasteiger partial charge in [0.1, 0.15) is 17.5 Å². The molecule has 0 radical (unpaired) electrons. The highest BCUT2D eigenvalue weighted by Gasteiger charge is 2.31. The summed E-state index contributed by atoms with van der Waals surface area (Å²) in [6.45, 7) is 10.1. The van der Waals surface area contributed by atoms with E-state index in [9.17, 15) is 19.5 Å². The average Bonchev–Trinajstić information content (AvgIpc) is 2.94. The number of nitrogens with zero attached hydrogens (tertiary/aromatic N) is 3. The topological polar surface area (TPSA) is 152 Å². The summed E-state index contributed by atoms with van der Waals surface area (Å²) in [5.74, 6) is -0.610. The number of anilines is 3. The number of amides is 3. The summed E-state index contributed by atoms with van der Waals surface area (Å²) in [6.07, 6.45) is 1.69. The Labute approximate surface area is 253 Å². The van der Waals surface area contributed by atoms with Gasteiger partial charge in [-0.3, -0.25) is 20.5 Å². The van der Waals surface area contributed by atoms with Crippen LogP contribution in [0.4, 0.5) is 36.0 Å². The van der Waals surface area contributed by atoms with E-state index in [4.69, 9.17) is 14.2 Å². The minimum Gasteiger partial charge on any atom is -0.465 e. The Bertz CT molecular complexity index is 1620. The van der Waals surface area contributed by atoms with Crippen molar-refractivity contribution < 1.29 is 38.1 Å². The Kier molecular flexibility index (Phi) is 8.60. The van der Waals surface area contributed by atoms with Crippen molar-refractivity contribution >= 4 is 46.2 Å². The third kappa shape index (κ3) is 6.52. The Balaban J connectivity index is 1.60. The lowest BCUT2D eigenvalue weighted by atomic mass is 9.90. The van der Waals surface area contributed by atoms with Gasteiger partial charge >= 0.3 is 18.3 Å². The van der Waals surface area contributed by atoms with Crippen molar-refractivity contribution in [3.05, 3.63) is 41.6 Å². The number of carboxylic acid groups (broad SMARTS) is 1. The van der Waals surface area contributed by atoms with E-state index in [-0.39, 0.29) is 41.0 Å². The second-order valence-electron chi connectivity index (χ2n) is 12.0. The van der Waals surface area contributed by atoms with Crippen LogP contribution < -0.4 is 15.5 Å². The zero-order valence-corrected chi connectivity index (χ0v) is 25.3. The van der Waals surface area contributed by atoms with E-state index >= 15 is 4.39 Å². The third-order valence-corrected chi connectivity index (χ3v) is 7.64. The van der Waals surface area contributed by atoms with Gasteiger partial charge in [-0.2, -0.15) is 0 Å². The molecule has 13 heteroatoms. The van der Waals surface area contributed by atoms with Crippen LogP contribution >= 0.6 is 0 Å². The fourth-order valence-corrected chi connectivity index (χ4v) is 5.49. The molecule has 5 rings (SSSR count). The molecule has 0 spiro atoms. The SMILES string of the molecule is Cc1c(-c2cc3cc(NC(=O)OC4CCOCC4)ncc3c(NC(=O)OC(C)(C)C)c2F)cnc2c1N(C(=O)O)CCC2C. The van der Waals surface area contributed by atoms with Gasteiger partial charge < -0.3 is 19.3 Å². The number of pyridine rings is 2. The molecule has 2 aliphatic heterocycles. The standard InChI is InChI=1S/C31H36FN5O7/c1-16-6-9-37(30(40)41)27-17(2)21(14-34-25(16)27)20-12-18-13-23(35-28(38)43-19-7-10-42-11-8-19)33-15-22(18)26(24(20)32)36-29(39)44-31(3,4)5/h12-16,19H,6-11H2,1-5H3,(H,36,39)(H,40,41)(H,33,35,38). The van der Waals surface area contributed by atoms with Crippen LogP contribution in [-0.2, 0) is 14.2 Å². The van der Waals surface area contributed by atoms with Crippen LogP contribution in [0, 0.1) is 12.7 Å². The van der Waals surface area contributed by atoms with Crippen LogP contribution in [0.5, 0.6) is 0 Å². The number of halogens is 1. The van der Waals surface area contributed by atoms with Gasteiger partial charge in [-0.15, -0.1) is 0 Å². The van der Waals surface area contributed by atoms with E-state index in [0.29, 0.717) is 60.4 Å². The zero-order valence-electron chi connectivity index (χ0n) is 25.3. The number of carbonyl (C=O) groups is 3. The van der Waals surface area contributed by atoms with Gasteiger partial charge in [0.15, 0.2) is 5.82 Å². The molecule has 12 nitrogen and oxygen atoms in total. The van der Waals surface area contributed by atoms with E-state index in [0.717, 1.165) is 0 Å². The van der Waals surface area contributed by atoms with Crippen molar-refractivity contribution in [1.29, 1.82) is 0 Å². The maximum atomic E-state index is 16.4. The molecule has 0 bridgehead atoms. The summed E-state index contributed by atoms with van der Waals surface area (Å²) >= 11 is 0. The van der Waals surface area contributed by atoms with Crippen LogP contribution in [-0.4, -0.2) is 64.8 Å². The Hall–Kier alpha value is -4.52. The van der Waals surface area contributed by atoms with E-state index in [2.05, 4.69) is 20.6 Å². The monoisotopic (exact) mass is 609 g/mol. The molecule has 3 aromatic rings. The fraction of sp³-hybridized carbons (Fsp3) is 0.452. The van der Waals surface area contributed by atoms with Crippen LogP contribution in [0.3, 0.4) is 0 Å². The van der Waals surface area contributed by atoms with E-state index in [1.54, 1.807) is 33.8 Å². The maximum Gasteiger partial charge on any atom is 0.413 e. The smallest absolute Gasteiger partial charge is 0.413 e. The van der Waals surface area contributed by atoms with Crippen molar-refractivity contribution in [3.63, 3.8) is 0 Å². The number of fused-ring (bicyclic) bond motifs is 2. The van der Waals surface area contributed by atoms with Gasteiger partial charge in [-0.1, -0.05) is 6.92 Å². The van der Waals surface area contributed by atoms with Gasteiger partial charge in [0.05, 0.1) is 30.3 Å². The summed E-state index contributed by atoms with van der Waals surface area (Å²) in [4.78, 5) is 47.6. The molecule has 2 aromatic heterocycles. The molecular weight excluding hydrogens is 573 g/mol. The van der Waals surface area contributed by atoms with Crippen LogP contribution in [0.25, 0.3) is 21.9 Å². The zero-order chi connectivity index (χ0) is 31.8. The lowest BCUT2D eigenvalue weighted by Crippen LogP contribution is -2.36. The number of benzene rings is 1. The Morgan fingerprint density at radius 3 is 2.45 bits per heavy atom. The van der Waals surface area contributed by atoms with Crippen LogP contribution in [0.2, 0.25) is 0 Å². The molecule has 1 saturated heterocycles. The average molecular weight is 610 g/mol. The first kappa shape index (κ1) is 30.9. The summed E-state index contributed by atoms with van der Waals surface area (Å²) in [6, 6.07) is 3.09. The Morgan fingerprint density at radius 1 is 1.05 bits per heavy atom. The normalized spacial score (nSPS) is 17.1. The lowest BCUT2D eigenvalue weighted by molar-refractivity contribution is 0.00589. The highest BCUT2D eigenvalue weighted by atomic mass is 19.1. The van der Waals surface area contributed by atoms with Gasteiger partial charge in [-0.25, -0.2) is 23.8 Å². The summed E-state index contributed by atoms with van der Waals surface area (Å²) in [7, 11) is 0. The highest BCUT2D eigenvalue weighted by Crippen LogP contribution is 2.43. The van der Waals surface area contributed by atoms with Gasteiger partial charge in [0, 0.05) is 54.2 Å². The molecule has 0 aliphatic carbocycles. The van der Waals surface area contributed by atoms with E-state index in [1.165, 1.54) is 23.4 Å². The molecule has 3 amide bonds. The quantitative estimate of drug-likeness (QED) is 0.290. The molecule has 3 N–H and O–H groups in total. The first-order valence-corrected chi connectivity index (χ1v) is 14.5. The fourth-order valence-electron chi connectivity index (χ4n) is 5.49. The number of rotatable bonds is 4. The minimum absolute atomic E-state index is 0.0137. The van der Waals surface area contributed by atoms with E-state index < -0.39 is 29.7 Å². The molecule has 0 saturated carbocycles. The molecule has 44 heavy (non-hydrogen) atoms. The minimum atomic E-state index is -1.12. The summed E-state index contributed by atoms with van der Waals surface area (Å²) in [5, 5.41) is 15.7. The number of hydrogen-bond acceptors (Lipinski definition) is 8. The highest BCUT2D eigenvalue weighted by molar-refractivity contribution is 6.04. The molecule has 1 atom stereocenters. The molecular formula is C31H36FN5O7. The molecule has 4 heterocycles. The number of carbonyl (C=O) groups excluding carboxylic acids is 2. The molecule has 1 aromatic carbocycles. The van der Waals surface area contributed by atoms with Crippen molar-refractivity contribution in [3.8, 4) is 11.1 Å². The van der Waals surface area contributed by atoms with Crippen molar-refractivity contribution in [2.45, 2.75) is 71.5 Å². The number of hydrogen-bond donors (Lipinski definition) is 3. The van der Waals surface area contributed by atoms with Crippen LogP contribution in [0.1, 0.15) is 64.1 Å². The summed E-state index contributed by atoms with van der Waals surface area (Å²) in [5.41, 5.74) is 0.955. The van der Waals surface area contributed by atoms with Crippen molar-refractivity contribution in [2.24, 2.45) is 0 Å². The second-order valence-corrected chi connectivity index (χ2v) is 12.0. The Morgan fingerprint density at radius 2 is 1.77 bits per heavy atom. The van der Waals surface area contributed by atoms with Crippen LogP contribution in [0.15, 0.2) is 24.5 Å². The number of nitrogens with one attached hydrogen (secondary N) is 2. The maximum absolute atomic E-state index is 16.4. The second kappa shape index (κ2) is 12.2. The molecule has 1 fully saturated rings. The largest absolute Gasteiger partial charge is 0.465 e. The van der Waals surface area contributed by atoms with Gasteiger partial charge in [0.2, 0.25) is 0 Å². The van der Waals surface area contributed by atoms with E-state index in [1.807, 2.05) is 6.92 Å². The molecule has 234 valence electrons. The first-order chi connectivity index (χ1) is 20.8. The predicted octanol–water partition coefficient (Wildman–Crippen LogP) is 6.81. The van der Waals surface area contributed by atoms with Crippen molar-refractivity contribution in [1.82, 2.24) is 9.97 Å². The molecule has 2 aliphatic rings. The predicted molar refractivity (Wildman–Crippen MR) is 162 cm³/mol. The van der Waals surface area contributed by atoms with Gasteiger partial charge in [-0.05, 0) is 57.2 Å².